The molecule has 0 saturated heterocycles. The Morgan fingerprint density at radius 3 is 1.96 bits per heavy atom. The van der Waals surface area contributed by atoms with Crippen molar-refractivity contribution in [3.63, 3.8) is 0 Å². The summed E-state index contributed by atoms with van der Waals surface area (Å²) in [5.41, 5.74) is 2.37. The van der Waals surface area contributed by atoms with Crippen LogP contribution in [0.15, 0.2) is 84.9 Å². The predicted molar refractivity (Wildman–Crippen MR) is 108 cm³/mol. The van der Waals surface area contributed by atoms with Crippen LogP contribution >= 0.6 is 0 Å². The topological polar surface area (TPSA) is 26.3 Å². The Morgan fingerprint density at radius 2 is 1.31 bits per heavy atom. The molecule has 0 radical (unpaired) electrons. The SMILES string of the molecule is COC(=O)/C(=C\c1ccc2ccccc2c1)c1ccc2ccccc2c1. The number of benzene rings is 4. The zero-order chi connectivity index (χ0) is 17.9. The monoisotopic (exact) mass is 338 g/mol. The third kappa shape index (κ3) is 3.09. The van der Waals surface area contributed by atoms with Crippen LogP contribution in [0.2, 0.25) is 0 Å². The molecule has 4 rings (SSSR count). The van der Waals surface area contributed by atoms with Gasteiger partial charge in [-0.2, -0.15) is 0 Å². The van der Waals surface area contributed by atoms with Crippen molar-refractivity contribution in [3.8, 4) is 0 Å². The summed E-state index contributed by atoms with van der Waals surface area (Å²) in [6.07, 6.45) is 1.89. The normalized spacial score (nSPS) is 11.7. The molecule has 0 bridgehead atoms. The van der Waals surface area contributed by atoms with Gasteiger partial charge in [-0.3, -0.25) is 0 Å². The van der Waals surface area contributed by atoms with E-state index in [0.717, 1.165) is 27.3 Å². The molecule has 0 spiro atoms. The van der Waals surface area contributed by atoms with Crippen molar-refractivity contribution in [2.45, 2.75) is 0 Å². The number of carbonyl (C=O) groups excluding carboxylic acids is 1. The Morgan fingerprint density at radius 1 is 0.731 bits per heavy atom. The Balaban J connectivity index is 1.84. The van der Waals surface area contributed by atoms with E-state index in [9.17, 15) is 4.79 Å². The van der Waals surface area contributed by atoms with Crippen molar-refractivity contribution in [1.29, 1.82) is 0 Å². The van der Waals surface area contributed by atoms with Gasteiger partial charge >= 0.3 is 5.97 Å². The van der Waals surface area contributed by atoms with E-state index in [4.69, 9.17) is 4.74 Å². The summed E-state index contributed by atoms with van der Waals surface area (Å²) in [5.74, 6) is -0.339. The summed E-state index contributed by atoms with van der Waals surface area (Å²) in [7, 11) is 1.41. The van der Waals surface area contributed by atoms with Crippen molar-refractivity contribution in [3.05, 3.63) is 96.1 Å². The third-order valence-corrected chi connectivity index (χ3v) is 4.55. The maximum atomic E-state index is 12.4. The highest BCUT2D eigenvalue weighted by atomic mass is 16.5. The van der Waals surface area contributed by atoms with Crippen LogP contribution in [-0.2, 0) is 9.53 Å². The lowest BCUT2D eigenvalue weighted by Crippen LogP contribution is -2.04. The molecule has 0 amide bonds. The number of esters is 1. The molecule has 0 aliphatic rings. The smallest absolute Gasteiger partial charge is 0.338 e. The van der Waals surface area contributed by atoms with Gasteiger partial charge in [0.2, 0.25) is 0 Å². The van der Waals surface area contributed by atoms with Crippen LogP contribution in [0, 0.1) is 0 Å². The number of fused-ring (bicyclic) bond motifs is 2. The lowest BCUT2D eigenvalue weighted by Gasteiger charge is -2.08. The van der Waals surface area contributed by atoms with Gasteiger partial charge in [-0.1, -0.05) is 72.8 Å². The fourth-order valence-electron chi connectivity index (χ4n) is 3.19. The highest BCUT2D eigenvalue weighted by Crippen LogP contribution is 2.25. The molecule has 4 aromatic rings. The van der Waals surface area contributed by atoms with Crippen molar-refractivity contribution >= 4 is 39.2 Å². The van der Waals surface area contributed by atoms with E-state index in [1.807, 2.05) is 60.7 Å². The molecule has 0 aliphatic heterocycles. The average Bonchev–Trinajstić information content (AvgIpc) is 2.71. The van der Waals surface area contributed by atoms with Crippen LogP contribution in [0.1, 0.15) is 11.1 Å². The van der Waals surface area contributed by atoms with Gasteiger partial charge in [0.25, 0.3) is 0 Å². The molecule has 26 heavy (non-hydrogen) atoms. The second-order valence-electron chi connectivity index (χ2n) is 6.22. The van der Waals surface area contributed by atoms with Gasteiger partial charge in [0.15, 0.2) is 0 Å². The zero-order valence-corrected chi connectivity index (χ0v) is 14.5. The van der Waals surface area contributed by atoms with Gasteiger partial charge in [-0.25, -0.2) is 4.79 Å². The Labute approximate surface area is 152 Å². The van der Waals surface area contributed by atoms with Gasteiger partial charge in [0.1, 0.15) is 0 Å². The van der Waals surface area contributed by atoms with E-state index in [1.165, 1.54) is 12.5 Å². The summed E-state index contributed by atoms with van der Waals surface area (Å²) in [6, 6.07) is 28.5. The van der Waals surface area contributed by atoms with Crippen LogP contribution in [0.3, 0.4) is 0 Å². The molecule has 0 aromatic heterocycles. The maximum Gasteiger partial charge on any atom is 0.338 e. The average molecular weight is 338 g/mol. The highest BCUT2D eigenvalue weighted by molar-refractivity contribution is 6.22. The highest BCUT2D eigenvalue weighted by Gasteiger charge is 2.13. The van der Waals surface area contributed by atoms with Gasteiger partial charge in [-0.05, 0) is 50.9 Å². The van der Waals surface area contributed by atoms with E-state index >= 15 is 0 Å². The minimum Gasteiger partial charge on any atom is -0.465 e. The predicted octanol–water partition coefficient (Wildman–Crippen LogP) is 5.71. The van der Waals surface area contributed by atoms with E-state index in [0.29, 0.717) is 5.57 Å². The Kier molecular flexibility index (Phi) is 4.24. The molecule has 2 nitrogen and oxygen atoms in total. The molecule has 2 heteroatoms. The van der Waals surface area contributed by atoms with Crippen molar-refractivity contribution in [1.82, 2.24) is 0 Å². The number of hydrogen-bond acceptors (Lipinski definition) is 2. The lowest BCUT2D eigenvalue weighted by molar-refractivity contribution is -0.133. The largest absolute Gasteiger partial charge is 0.465 e. The summed E-state index contributed by atoms with van der Waals surface area (Å²) < 4.78 is 5.03. The quantitative estimate of drug-likeness (QED) is 0.272. The van der Waals surface area contributed by atoms with E-state index < -0.39 is 0 Å². The van der Waals surface area contributed by atoms with Gasteiger partial charge in [0, 0.05) is 0 Å². The van der Waals surface area contributed by atoms with Crippen LogP contribution < -0.4 is 0 Å². The van der Waals surface area contributed by atoms with Crippen LogP contribution in [0.5, 0.6) is 0 Å². The van der Waals surface area contributed by atoms with Crippen molar-refractivity contribution in [2.75, 3.05) is 7.11 Å². The first-order valence-electron chi connectivity index (χ1n) is 8.52. The number of hydrogen-bond donors (Lipinski definition) is 0. The molecule has 0 N–H and O–H groups in total. The summed E-state index contributed by atoms with van der Waals surface area (Å²) in [4.78, 5) is 12.4. The van der Waals surface area contributed by atoms with E-state index in [2.05, 4.69) is 30.3 Å². The number of ether oxygens (including phenoxy) is 1. The molecule has 0 unspecified atom stereocenters. The van der Waals surface area contributed by atoms with Gasteiger partial charge in [-0.15, -0.1) is 0 Å². The Bertz CT molecular complexity index is 1140. The molecule has 126 valence electrons. The first kappa shape index (κ1) is 16.1. The van der Waals surface area contributed by atoms with Crippen LogP contribution in [0.25, 0.3) is 33.2 Å². The number of carbonyl (C=O) groups is 1. The summed E-state index contributed by atoms with van der Waals surface area (Å²) >= 11 is 0. The first-order chi connectivity index (χ1) is 12.7. The fourth-order valence-corrected chi connectivity index (χ4v) is 3.19. The molecule has 0 aliphatic carbocycles. The molecule has 0 atom stereocenters. The Hall–Kier alpha value is -3.39. The first-order valence-corrected chi connectivity index (χ1v) is 8.52. The second kappa shape index (κ2) is 6.85. The molecule has 4 aromatic carbocycles. The lowest BCUT2D eigenvalue weighted by atomic mass is 9.98. The van der Waals surface area contributed by atoms with Gasteiger partial charge < -0.3 is 4.74 Å². The molecular formula is C24H18O2. The maximum absolute atomic E-state index is 12.4. The van der Waals surface area contributed by atoms with Crippen molar-refractivity contribution in [2.24, 2.45) is 0 Å². The fraction of sp³-hybridized carbons (Fsp3) is 0.0417. The molecule has 0 fully saturated rings. The second-order valence-corrected chi connectivity index (χ2v) is 6.22. The van der Waals surface area contributed by atoms with Crippen LogP contribution in [-0.4, -0.2) is 13.1 Å². The van der Waals surface area contributed by atoms with Crippen LogP contribution in [0.4, 0.5) is 0 Å². The third-order valence-electron chi connectivity index (χ3n) is 4.55. The van der Waals surface area contributed by atoms with Crippen molar-refractivity contribution < 1.29 is 9.53 Å². The summed E-state index contributed by atoms with van der Waals surface area (Å²) in [6.45, 7) is 0. The number of rotatable bonds is 3. The van der Waals surface area contributed by atoms with Gasteiger partial charge in [0.05, 0.1) is 12.7 Å². The molecule has 0 heterocycles. The number of methoxy groups -OCH3 is 1. The minimum atomic E-state index is -0.339. The van der Waals surface area contributed by atoms with E-state index in [1.54, 1.807) is 0 Å². The minimum absolute atomic E-state index is 0.339. The molecule has 0 saturated carbocycles. The molecular weight excluding hydrogens is 320 g/mol. The zero-order valence-electron chi connectivity index (χ0n) is 14.5. The standard InChI is InChI=1S/C24H18O2/c1-26-24(25)23(22-13-12-19-7-3-5-9-21(19)16-22)15-17-10-11-18-6-2-4-8-20(18)14-17/h2-16H,1H3/b23-15-. The summed E-state index contributed by atoms with van der Waals surface area (Å²) in [5, 5.41) is 4.56. The van der Waals surface area contributed by atoms with E-state index in [-0.39, 0.29) is 5.97 Å².